The van der Waals surface area contributed by atoms with Crippen molar-refractivity contribution in [2.24, 2.45) is 7.05 Å². The van der Waals surface area contributed by atoms with Crippen molar-refractivity contribution in [3.63, 3.8) is 0 Å². The van der Waals surface area contributed by atoms with Crippen LogP contribution in [0, 0.1) is 13.8 Å². The van der Waals surface area contributed by atoms with Crippen LogP contribution in [0.5, 0.6) is 0 Å². The monoisotopic (exact) mass is 354 g/mol. The number of piperidine rings is 1. The van der Waals surface area contributed by atoms with Crippen LogP contribution >= 0.6 is 0 Å². The number of amides is 2. The number of likely N-dealkylation sites (N-methyl/N-ethyl adjacent to an activating group) is 1. The molecule has 1 N–H and O–H groups in total. The summed E-state index contributed by atoms with van der Waals surface area (Å²) in [6.45, 7) is 4.05. The average molecular weight is 354 g/mol. The van der Waals surface area contributed by atoms with Crippen LogP contribution < -0.4 is 5.32 Å². The average Bonchev–Trinajstić information content (AvgIpc) is 3.00. The third kappa shape index (κ3) is 3.64. The van der Waals surface area contributed by atoms with Crippen LogP contribution in [-0.2, 0) is 23.1 Å². The summed E-state index contributed by atoms with van der Waals surface area (Å²) in [7, 11) is 3.70. The lowest BCUT2D eigenvalue weighted by molar-refractivity contribution is -0.137. The van der Waals surface area contributed by atoms with Crippen LogP contribution in [0.2, 0.25) is 0 Å². The van der Waals surface area contributed by atoms with E-state index in [1.54, 1.807) is 24.5 Å². The van der Waals surface area contributed by atoms with Gasteiger partial charge >= 0.3 is 0 Å². The zero-order valence-corrected chi connectivity index (χ0v) is 15.8. The number of carbonyl (C=O) groups is 2. The van der Waals surface area contributed by atoms with Gasteiger partial charge in [0.1, 0.15) is 0 Å². The van der Waals surface area contributed by atoms with Crippen molar-refractivity contribution in [2.45, 2.75) is 45.2 Å². The fourth-order valence-corrected chi connectivity index (χ4v) is 3.67. The summed E-state index contributed by atoms with van der Waals surface area (Å²) < 4.78 is 1.91. The standard InChI is InChI=1S/C20H26N4O2/c1-13-5-6-14(2)15(9-13)10-18(25)22-16-7-8-19(26)24(4)20(16)17-11-21-12-23(17)3/h5-6,9,11-12,16,20H,7-8,10H2,1-4H3,(H,22,25)/t16-,20-/m1/s1. The number of rotatable bonds is 4. The molecule has 1 saturated heterocycles. The number of hydrogen-bond acceptors (Lipinski definition) is 3. The minimum Gasteiger partial charge on any atom is -0.351 e. The largest absolute Gasteiger partial charge is 0.351 e. The molecule has 0 radical (unpaired) electrons. The quantitative estimate of drug-likeness (QED) is 0.914. The van der Waals surface area contributed by atoms with Crippen LogP contribution in [0.4, 0.5) is 0 Å². The van der Waals surface area contributed by atoms with Crippen LogP contribution in [-0.4, -0.2) is 39.4 Å². The second-order valence-corrected chi connectivity index (χ2v) is 7.20. The van der Waals surface area contributed by atoms with Crippen molar-refractivity contribution in [3.8, 4) is 0 Å². The van der Waals surface area contributed by atoms with Crippen molar-refractivity contribution >= 4 is 11.8 Å². The molecule has 1 aromatic heterocycles. The first-order valence-electron chi connectivity index (χ1n) is 8.94. The van der Waals surface area contributed by atoms with E-state index in [1.807, 2.05) is 31.5 Å². The van der Waals surface area contributed by atoms with E-state index < -0.39 is 0 Å². The Labute approximate surface area is 154 Å². The maximum Gasteiger partial charge on any atom is 0.224 e. The smallest absolute Gasteiger partial charge is 0.224 e. The third-order valence-electron chi connectivity index (χ3n) is 5.22. The van der Waals surface area contributed by atoms with Gasteiger partial charge < -0.3 is 14.8 Å². The van der Waals surface area contributed by atoms with Crippen LogP contribution in [0.1, 0.15) is 41.3 Å². The van der Waals surface area contributed by atoms with E-state index in [2.05, 4.69) is 22.4 Å². The minimum absolute atomic E-state index is 0.0152. The molecule has 6 nitrogen and oxygen atoms in total. The van der Waals surface area contributed by atoms with E-state index >= 15 is 0 Å². The SMILES string of the molecule is Cc1ccc(C)c(CC(=O)N[C@@H]2CCC(=O)N(C)[C@H]2c2cncn2C)c1. The van der Waals surface area contributed by atoms with E-state index in [0.29, 0.717) is 19.3 Å². The molecular formula is C20H26N4O2. The van der Waals surface area contributed by atoms with Gasteiger partial charge in [-0.15, -0.1) is 0 Å². The van der Waals surface area contributed by atoms with Gasteiger partial charge in [0, 0.05) is 20.5 Å². The molecule has 2 aromatic rings. The van der Waals surface area contributed by atoms with Gasteiger partial charge in [0.15, 0.2) is 0 Å². The number of carbonyl (C=O) groups excluding carboxylic acids is 2. The lowest BCUT2D eigenvalue weighted by atomic mass is 9.93. The summed E-state index contributed by atoms with van der Waals surface area (Å²) in [6, 6.07) is 5.83. The van der Waals surface area contributed by atoms with Gasteiger partial charge in [0.05, 0.1) is 36.7 Å². The first-order chi connectivity index (χ1) is 12.4. The van der Waals surface area contributed by atoms with Crippen LogP contribution in [0.3, 0.4) is 0 Å². The molecule has 0 bridgehead atoms. The Hall–Kier alpha value is -2.63. The summed E-state index contributed by atoms with van der Waals surface area (Å²) in [6.07, 6.45) is 4.91. The van der Waals surface area contributed by atoms with E-state index in [0.717, 1.165) is 22.4 Å². The predicted molar refractivity (Wildman–Crippen MR) is 99.5 cm³/mol. The van der Waals surface area contributed by atoms with Gasteiger partial charge in [-0.25, -0.2) is 4.98 Å². The van der Waals surface area contributed by atoms with Crippen molar-refractivity contribution in [2.75, 3.05) is 7.05 Å². The summed E-state index contributed by atoms with van der Waals surface area (Å²) in [4.78, 5) is 30.8. The Bertz CT molecular complexity index is 827. The molecule has 0 spiro atoms. The summed E-state index contributed by atoms with van der Waals surface area (Å²) >= 11 is 0. The highest BCUT2D eigenvalue weighted by molar-refractivity contribution is 5.81. The number of likely N-dealkylation sites (tertiary alicyclic amines) is 1. The molecule has 1 aromatic carbocycles. The molecule has 2 heterocycles. The Morgan fingerprint density at radius 2 is 2.08 bits per heavy atom. The number of aromatic nitrogens is 2. The van der Waals surface area contributed by atoms with Gasteiger partial charge in [0.2, 0.25) is 11.8 Å². The van der Waals surface area contributed by atoms with Crippen molar-refractivity contribution in [1.29, 1.82) is 0 Å². The number of benzene rings is 1. The first kappa shape index (κ1) is 18.2. The predicted octanol–water partition coefficient (Wildman–Crippen LogP) is 2.06. The fraction of sp³-hybridized carbons (Fsp3) is 0.450. The van der Waals surface area contributed by atoms with E-state index in [9.17, 15) is 9.59 Å². The highest BCUT2D eigenvalue weighted by Crippen LogP contribution is 2.30. The fourth-order valence-electron chi connectivity index (χ4n) is 3.67. The van der Waals surface area contributed by atoms with Gasteiger partial charge in [-0.05, 0) is 31.4 Å². The number of nitrogens with one attached hydrogen (secondary N) is 1. The Kier molecular flexibility index (Phi) is 5.11. The Balaban J connectivity index is 1.78. The van der Waals surface area contributed by atoms with E-state index in [-0.39, 0.29) is 23.9 Å². The minimum atomic E-state index is -0.202. The van der Waals surface area contributed by atoms with Gasteiger partial charge in [-0.3, -0.25) is 9.59 Å². The van der Waals surface area contributed by atoms with Gasteiger partial charge in [0.25, 0.3) is 0 Å². The molecule has 1 aliphatic rings. The highest BCUT2D eigenvalue weighted by Gasteiger charge is 2.37. The lowest BCUT2D eigenvalue weighted by Crippen LogP contribution is -2.51. The van der Waals surface area contributed by atoms with E-state index in [4.69, 9.17) is 0 Å². The molecule has 1 aliphatic heterocycles. The van der Waals surface area contributed by atoms with Gasteiger partial charge in [-0.1, -0.05) is 23.8 Å². The zero-order valence-electron chi connectivity index (χ0n) is 15.8. The molecule has 0 saturated carbocycles. The molecule has 2 atom stereocenters. The lowest BCUT2D eigenvalue weighted by Gasteiger charge is -2.39. The first-order valence-corrected chi connectivity index (χ1v) is 8.94. The summed E-state index contributed by atoms with van der Waals surface area (Å²) in [5.74, 6) is 0.0786. The molecule has 2 amide bonds. The second kappa shape index (κ2) is 7.32. The molecule has 0 aliphatic carbocycles. The van der Waals surface area contributed by atoms with Crippen LogP contribution in [0.15, 0.2) is 30.7 Å². The molecular weight excluding hydrogens is 328 g/mol. The topological polar surface area (TPSA) is 67.2 Å². The van der Waals surface area contributed by atoms with Crippen molar-refractivity contribution in [1.82, 2.24) is 19.8 Å². The summed E-state index contributed by atoms with van der Waals surface area (Å²) in [5, 5.41) is 3.16. The second-order valence-electron chi connectivity index (χ2n) is 7.20. The maximum absolute atomic E-state index is 12.7. The Morgan fingerprint density at radius 1 is 1.31 bits per heavy atom. The number of nitrogens with zero attached hydrogens (tertiary/aromatic N) is 3. The molecule has 0 unspecified atom stereocenters. The molecule has 1 fully saturated rings. The molecule has 26 heavy (non-hydrogen) atoms. The van der Waals surface area contributed by atoms with Crippen molar-refractivity contribution in [3.05, 3.63) is 53.1 Å². The third-order valence-corrected chi connectivity index (χ3v) is 5.22. The van der Waals surface area contributed by atoms with E-state index in [1.165, 1.54) is 0 Å². The molecule has 6 heteroatoms. The normalized spacial score (nSPS) is 20.3. The van der Waals surface area contributed by atoms with Gasteiger partial charge in [-0.2, -0.15) is 0 Å². The molecule has 3 rings (SSSR count). The number of imidazole rings is 1. The summed E-state index contributed by atoms with van der Waals surface area (Å²) in [5.41, 5.74) is 4.23. The molecule has 138 valence electrons. The zero-order chi connectivity index (χ0) is 18.8. The number of hydrogen-bond donors (Lipinski definition) is 1. The maximum atomic E-state index is 12.7. The van der Waals surface area contributed by atoms with Crippen LogP contribution in [0.25, 0.3) is 0 Å². The highest BCUT2D eigenvalue weighted by atomic mass is 16.2. The Morgan fingerprint density at radius 3 is 2.77 bits per heavy atom. The van der Waals surface area contributed by atoms with Crippen molar-refractivity contribution < 1.29 is 9.59 Å². The number of aryl methyl sites for hydroxylation is 3.